The van der Waals surface area contributed by atoms with Gasteiger partial charge in [0.05, 0.1) is 14.2 Å². The van der Waals surface area contributed by atoms with Gasteiger partial charge in [0.25, 0.3) is 5.91 Å². The van der Waals surface area contributed by atoms with E-state index < -0.39 is 11.9 Å². The number of nitrogens with zero attached hydrogens (tertiary/aromatic N) is 2. The fraction of sp³-hybridized carbons (Fsp3) is 0.318. The molecule has 0 saturated carbocycles. The third kappa shape index (κ3) is 6.95. The van der Waals surface area contributed by atoms with Crippen LogP contribution < -0.4 is 9.47 Å². The summed E-state index contributed by atoms with van der Waals surface area (Å²) in [5.41, 5.74) is 1.45. The number of ether oxygens (including phenoxy) is 2. The van der Waals surface area contributed by atoms with E-state index in [4.69, 9.17) is 29.3 Å². The van der Waals surface area contributed by atoms with Crippen LogP contribution in [0.3, 0.4) is 0 Å². The number of carboxylic acids is 2. The number of carbonyl (C=O) groups excluding carboxylic acids is 1. The normalized spacial score (nSPS) is 13.5. The maximum Gasteiger partial charge on any atom is 0.414 e. The van der Waals surface area contributed by atoms with Gasteiger partial charge in [0.2, 0.25) is 0 Å². The standard InChI is InChI=1S/C20H23FN2O3.C2H2O4/c1-25-18-6-7-19(26-2)16(13-18)14-22-8-10-23(11-9-22)20(24)15-4-3-5-17(21)12-15;3-1(4)2(5)6/h3-7,12-13H,8-11,14H2,1-2H3;(H,3,4)(H,5,6). The van der Waals surface area contributed by atoms with Gasteiger partial charge in [-0.25, -0.2) is 14.0 Å². The molecule has 0 bridgehead atoms. The van der Waals surface area contributed by atoms with Gasteiger partial charge in [0.1, 0.15) is 17.3 Å². The SMILES string of the molecule is COc1ccc(OC)c(CN2CCN(C(=O)c3cccc(F)c3)CC2)c1.O=C(O)C(=O)O. The van der Waals surface area contributed by atoms with Gasteiger partial charge in [-0.2, -0.15) is 0 Å². The summed E-state index contributed by atoms with van der Waals surface area (Å²) in [6.45, 7) is 3.45. The average Bonchev–Trinajstić information content (AvgIpc) is 2.79. The van der Waals surface area contributed by atoms with E-state index in [1.165, 1.54) is 12.1 Å². The molecule has 1 amide bonds. The summed E-state index contributed by atoms with van der Waals surface area (Å²) in [6.07, 6.45) is 0. The number of aliphatic carboxylic acids is 2. The van der Waals surface area contributed by atoms with Crippen LogP contribution in [0.1, 0.15) is 15.9 Å². The predicted molar refractivity (Wildman–Crippen MR) is 112 cm³/mol. The molecule has 0 unspecified atom stereocenters. The smallest absolute Gasteiger partial charge is 0.414 e. The minimum Gasteiger partial charge on any atom is -0.497 e. The van der Waals surface area contributed by atoms with Crippen LogP contribution in [0.4, 0.5) is 4.39 Å². The van der Waals surface area contributed by atoms with Gasteiger partial charge in [0, 0.05) is 43.9 Å². The zero-order valence-electron chi connectivity index (χ0n) is 17.8. The number of hydrogen-bond donors (Lipinski definition) is 2. The Balaban J connectivity index is 0.000000534. The maximum absolute atomic E-state index is 13.3. The summed E-state index contributed by atoms with van der Waals surface area (Å²) >= 11 is 0. The summed E-state index contributed by atoms with van der Waals surface area (Å²) < 4.78 is 24.1. The Labute approximate surface area is 184 Å². The Morgan fingerprint density at radius 3 is 2.12 bits per heavy atom. The van der Waals surface area contributed by atoms with Gasteiger partial charge in [-0.1, -0.05) is 6.07 Å². The topological polar surface area (TPSA) is 117 Å². The number of halogens is 1. The van der Waals surface area contributed by atoms with E-state index in [2.05, 4.69) is 4.90 Å². The first kappa shape index (κ1) is 24.6. The van der Waals surface area contributed by atoms with Crippen LogP contribution in [0.5, 0.6) is 11.5 Å². The summed E-state index contributed by atoms with van der Waals surface area (Å²) in [5.74, 6) is -2.54. The molecule has 3 rings (SSSR count). The average molecular weight is 448 g/mol. The molecule has 1 heterocycles. The third-order valence-corrected chi connectivity index (χ3v) is 4.80. The molecule has 32 heavy (non-hydrogen) atoms. The monoisotopic (exact) mass is 448 g/mol. The highest BCUT2D eigenvalue weighted by molar-refractivity contribution is 6.27. The summed E-state index contributed by atoms with van der Waals surface area (Å²) in [6, 6.07) is 11.6. The van der Waals surface area contributed by atoms with Gasteiger partial charge >= 0.3 is 11.9 Å². The quantitative estimate of drug-likeness (QED) is 0.667. The Hall–Kier alpha value is -3.66. The first-order chi connectivity index (χ1) is 15.2. The molecule has 0 aliphatic carbocycles. The van der Waals surface area contributed by atoms with E-state index >= 15 is 0 Å². The molecule has 1 fully saturated rings. The molecule has 2 aromatic rings. The van der Waals surface area contributed by atoms with Gasteiger partial charge in [-0.05, 0) is 36.4 Å². The van der Waals surface area contributed by atoms with Crippen LogP contribution in [-0.4, -0.2) is 78.3 Å². The first-order valence-corrected chi connectivity index (χ1v) is 9.69. The molecule has 2 aromatic carbocycles. The highest BCUT2D eigenvalue weighted by Crippen LogP contribution is 2.25. The van der Waals surface area contributed by atoms with Crippen LogP contribution in [0.15, 0.2) is 42.5 Å². The molecule has 2 N–H and O–H groups in total. The number of carboxylic acid groups (broad SMARTS) is 2. The molecule has 0 spiro atoms. The number of benzene rings is 2. The number of carbonyl (C=O) groups is 3. The Kier molecular flexibility index (Phi) is 8.96. The molecule has 1 aliphatic rings. The zero-order valence-corrected chi connectivity index (χ0v) is 17.8. The van der Waals surface area contributed by atoms with E-state index in [-0.39, 0.29) is 11.7 Å². The van der Waals surface area contributed by atoms with Crippen molar-refractivity contribution in [1.29, 1.82) is 0 Å². The second kappa shape index (κ2) is 11.7. The predicted octanol–water partition coefficient (Wildman–Crippen LogP) is 1.96. The fourth-order valence-electron chi connectivity index (χ4n) is 3.16. The molecular formula is C22H25FN2O7. The van der Waals surface area contributed by atoms with Crippen molar-refractivity contribution in [3.8, 4) is 11.5 Å². The number of methoxy groups -OCH3 is 2. The van der Waals surface area contributed by atoms with Crippen LogP contribution in [0, 0.1) is 5.82 Å². The summed E-state index contributed by atoms with van der Waals surface area (Å²) in [4.78, 5) is 34.7. The number of piperazine rings is 1. The molecule has 172 valence electrons. The van der Waals surface area contributed by atoms with Crippen LogP contribution in [-0.2, 0) is 16.1 Å². The lowest BCUT2D eigenvalue weighted by molar-refractivity contribution is -0.159. The second-order valence-electron chi connectivity index (χ2n) is 6.87. The zero-order chi connectivity index (χ0) is 23.7. The fourth-order valence-corrected chi connectivity index (χ4v) is 3.16. The highest BCUT2D eigenvalue weighted by Gasteiger charge is 2.23. The number of rotatable bonds is 5. The summed E-state index contributed by atoms with van der Waals surface area (Å²) in [5, 5.41) is 14.8. The van der Waals surface area contributed by atoms with Crippen molar-refractivity contribution < 1.29 is 38.5 Å². The molecule has 0 radical (unpaired) electrons. The molecule has 9 nitrogen and oxygen atoms in total. The van der Waals surface area contributed by atoms with Crippen LogP contribution >= 0.6 is 0 Å². The molecular weight excluding hydrogens is 423 g/mol. The van der Waals surface area contributed by atoms with Crippen molar-refractivity contribution >= 4 is 17.8 Å². The maximum atomic E-state index is 13.3. The van der Waals surface area contributed by atoms with Crippen molar-refractivity contribution in [3.05, 3.63) is 59.4 Å². The third-order valence-electron chi connectivity index (χ3n) is 4.80. The summed E-state index contributed by atoms with van der Waals surface area (Å²) in [7, 11) is 3.29. The highest BCUT2D eigenvalue weighted by atomic mass is 19.1. The van der Waals surface area contributed by atoms with Crippen molar-refractivity contribution in [2.75, 3.05) is 40.4 Å². The van der Waals surface area contributed by atoms with Crippen LogP contribution in [0.2, 0.25) is 0 Å². The van der Waals surface area contributed by atoms with Crippen molar-refractivity contribution in [2.24, 2.45) is 0 Å². The largest absolute Gasteiger partial charge is 0.497 e. The van der Waals surface area contributed by atoms with Crippen LogP contribution in [0.25, 0.3) is 0 Å². The lowest BCUT2D eigenvalue weighted by atomic mass is 10.1. The molecule has 1 aliphatic heterocycles. The lowest BCUT2D eigenvalue weighted by Crippen LogP contribution is -2.48. The van der Waals surface area contributed by atoms with E-state index in [9.17, 15) is 9.18 Å². The minimum absolute atomic E-state index is 0.122. The lowest BCUT2D eigenvalue weighted by Gasteiger charge is -2.35. The molecule has 10 heteroatoms. The number of amides is 1. The second-order valence-corrected chi connectivity index (χ2v) is 6.87. The van der Waals surface area contributed by atoms with E-state index in [0.717, 1.165) is 36.7 Å². The van der Waals surface area contributed by atoms with E-state index in [0.29, 0.717) is 18.7 Å². The van der Waals surface area contributed by atoms with Gasteiger partial charge in [0.15, 0.2) is 0 Å². The van der Waals surface area contributed by atoms with E-state index in [1.807, 2.05) is 18.2 Å². The molecule has 0 atom stereocenters. The number of hydrogen-bond acceptors (Lipinski definition) is 6. The first-order valence-electron chi connectivity index (χ1n) is 9.69. The Morgan fingerprint density at radius 1 is 0.938 bits per heavy atom. The van der Waals surface area contributed by atoms with Crippen molar-refractivity contribution in [1.82, 2.24) is 9.80 Å². The Morgan fingerprint density at radius 2 is 1.59 bits per heavy atom. The van der Waals surface area contributed by atoms with Crippen molar-refractivity contribution in [3.63, 3.8) is 0 Å². The van der Waals surface area contributed by atoms with E-state index in [1.54, 1.807) is 31.3 Å². The van der Waals surface area contributed by atoms with Gasteiger partial charge in [-0.15, -0.1) is 0 Å². The Bertz CT molecular complexity index is 947. The molecule has 0 aromatic heterocycles. The van der Waals surface area contributed by atoms with Crippen molar-refractivity contribution in [2.45, 2.75) is 6.54 Å². The van der Waals surface area contributed by atoms with Gasteiger partial charge < -0.3 is 24.6 Å². The van der Waals surface area contributed by atoms with Gasteiger partial charge in [-0.3, -0.25) is 9.69 Å². The molecule has 1 saturated heterocycles. The minimum atomic E-state index is -1.82.